The van der Waals surface area contributed by atoms with Gasteiger partial charge in [0.15, 0.2) is 11.6 Å². The Balaban J connectivity index is 2.13. The zero-order chi connectivity index (χ0) is 13.9. The van der Waals surface area contributed by atoms with Gasteiger partial charge in [0.25, 0.3) is 0 Å². The Morgan fingerprint density at radius 3 is 2.70 bits per heavy atom. The summed E-state index contributed by atoms with van der Waals surface area (Å²) >= 11 is 0. The summed E-state index contributed by atoms with van der Waals surface area (Å²) < 4.78 is 0. The van der Waals surface area contributed by atoms with E-state index in [0.29, 0.717) is 23.3 Å². The van der Waals surface area contributed by atoms with Gasteiger partial charge in [0.1, 0.15) is 11.6 Å². The number of nitrogens with one attached hydrogen (secondary N) is 1. The van der Waals surface area contributed by atoms with Gasteiger partial charge in [-0.05, 0) is 19.1 Å². The zero-order valence-corrected chi connectivity index (χ0v) is 10.9. The Bertz CT molecular complexity index is 708. The van der Waals surface area contributed by atoms with Crippen LogP contribution in [-0.2, 0) is 0 Å². The lowest BCUT2D eigenvalue weighted by atomic mass is 10.3. The Morgan fingerprint density at radius 2 is 2.05 bits per heavy atom. The van der Waals surface area contributed by atoms with Crippen molar-refractivity contribution >= 4 is 23.3 Å². The molecule has 0 aliphatic heterocycles. The highest BCUT2D eigenvalue weighted by Crippen LogP contribution is 2.29. The number of nitrogens with two attached hydrogens (primary N) is 1. The molecule has 3 aromatic rings. The number of anilines is 4. The van der Waals surface area contributed by atoms with Gasteiger partial charge in [-0.3, -0.25) is 15.0 Å². The fourth-order valence-electron chi connectivity index (χ4n) is 1.83. The second-order valence-corrected chi connectivity index (χ2v) is 4.23. The molecule has 3 rings (SSSR count). The van der Waals surface area contributed by atoms with Gasteiger partial charge in [0.05, 0.1) is 12.4 Å². The summed E-state index contributed by atoms with van der Waals surface area (Å²) in [5.74, 6) is 2.28. The lowest BCUT2D eigenvalue weighted by Crippen LogP contribution is -2.14. The van der Waals surface area contributed by atoms with Crippen LogP contribution in [0.5, 0.6) is 0 Å². The summed E-state index contributed by atoms with van der Waals surface area (Å²) in [5, 5.41) is 7.16. The summed E-state index contributed by atoms with van der Waals surface area (Å²) in [6.45, 7) is 1.93. The van der Waals surface area contributed by atoms with E-state index in [1.807, 2.05) is 31.2 Å². The number of H-pyrrole nitrogens is 1. The molecular formula is C13H13N7. The van der Waals surface area contributed by atoms with Crippen molar-refractivity contribution in [3.63, 3.8) is 0 Å². The third-order valence-corrected chi connectivity index (χ3v) is 2.67. The molecule has 7 heteroatoms. The van der Waals surface area contributed by atoms with Crippen molar-refractivity contribution < 1.29 is 0 Å². The minimum Gasteiger partial charge on any atom is -0.382 e. The fraction of sp³-hybridized carbons (Fsp3) is 0.0769. The summed E-state index contributed by atoms with van der Waals surface area (Å²) in [5.41, 5.74) is 6.65. The highest BCUT2D eigenvalue weighted by atomic mass is 15.3. The van der Waals surface area contributed by atoms with E-state index in [0.717, 1.165) is 5.69 Å². The number of nitrogen functional groups attached to an aromatic ring is 1. The molecule has 0 aliphatic rings. The molecule has 3 aromatic heterocycles. The maximum Gasteiger partial charge on any atom is 0.162 e. The monoisotopic (exact) mass is 267 g/mol. The molecule has 0 bridgehead atoms. The molecule has 0 fully saturated rings. The molecule has 3 N–H and O–H groups in total. The van der Waals surface area contributed by atoms with Crippen LogP contribution in [0, 0.1) is 6.92 Å². The van der Waals surface area contributed by atoms with Crippen LogP contribution in [0.15, 0.2) is 42.9 Å². The number of nitrogens with zero attached hydrogens (tertiary/aromatic N) is 5. The molecule has 20 heavy (non-hydrogen) atoms. The zero-order valence-electron chi connectivity index (χ0n) is 10.9. The average Bonchev–Trinajstić information content (AvgIpc) is 2.87. The van der Waals surface area contributed by atoms with Crippen molar-refractivity contribution in [2.45, 2.75) is 6.92 Å². The molecule has 7 nitrogen and oxygen atoms in total. The van der Waals surface area contributed by atoms with Gasteiger partial charge in [0, 0.05) is 18.0 Å². The van der Waals surface area contributed by atoms with Crippen molar-refractivity contribution in [1.29, 1.82) is 0 Å². The summed E-state index contributed by atoms with van der Waals surface area (Å²) in [6, 6.07) is 7.52. The van der Waals surface area contributed by atoms with Gasteiger partial charge >= 0.3 is 0 Å². The van der Waals surface area contributed by atoms with Crippen molar-refractivity contribution in [1.82, 2.24) is 25.1 Å². The molecular weight excluding hydrogens is 254 g/mol. The fourth-order valence-corrected chi connectivity index (χ4v) is 1.83. The van der Waals surface area contributed by atoms with Gasteiger partial charge in [-0.25, -0.2) is 9.97 Å². The van der Waals surface area contributed by atoms with Crippen LogP contribution in [0.1, 0.15) is 5.69 Å². The third kappa shape index (κ3) is 2.28. The van der Waals surface area contributed by atoms with E-state index < -0.39 is 0 Å². The molecule has 0 spiro atoms. The maximum absolute atomic E-state index is 5.71. The van der Waals surface area contributed by atoms with Crippen molar-refractivity contribution in [2.24, 2.45) is 0 Å². The number of aromatic nitrogens is 5. The van der Waals surface area contributed by atoms with Gasteiger partial charge in [-0.2, -0.15) is 5.10 Å². The third-order valence-electron chi connectivity index (χ3n) is 2.67. The molecule has 0 unspecified atom stereocenters. The predicted molar refractivity (Wildman–Crippen MR) is 75.8 cm³/mol. The average molecular weight is 267 g/mol. The van der Waals surface area contributed by atoms with Crippen LogP contribution < -0.4 is 10.6 Å². The number of hydrogen-bond acceptors (Lipinski definition) is 6. The Kier molecular flexibility index (Phi) is 3.00. The second-order valence-electron chi connectivity index (χ2n) is 4.23. The molecule has 0 radical (unpaired) electrons. The molecule has 100 valence electrons. The number of aryl methyl sites for hydroxylation is 1. The van der Waals surface area contributed by atoms with Gasteiger partial charge in [-0.1, -0.05) is 6.07 Å². The normalized spacial score (nSPS) is 10.4. The van der Waals surface area contributed by atoms with E-state index in [2.05, 4.69) is 25.1 Å². The molecule has 3 heterocycles. The summed E-state index contributed by atoms with van der Waals surface area (Å²) in [4.78, 5) is 14.5. The highest BCUT2D eigenvalue weighted by molar-refractivity contribution is 5.69. The Labute approximate surface area is 115 Å². The smallest absolute Gasteiger partial charge is 0.162 e. The minimum atomic E-state index is 0.343. The standard InChI is InChI=1S/C13H13N7/c1-9-6-12(19-18-9)20(11-4-2-3-5-16-11)13-8-15-7-10(14)17-13/h2-8H,1H3,(H2,14,17)(H,18,19). The van der Waals surface area contributed by atoms with E-state index in [-0.39, 0.29) is 0 Å². The first-order valence-electron chi connectivity index (χ1n) is 6.05. The first-order chi connectivity index (χ1) is 9.74. The number of pyridine rings is 1. The molecule has 0 saturated carbocycles. The lowest BCUT2D eigenvalue weighted by Gasteiger charge is -2.19. The van der Waals surface area contributed by atoms with Crippen LogP contribution >= 0.6 is 0 Å². The van der Waals surface area contributed by atoms with Crippen molar-refractivity contribution in [2.75, 3.05) is 10.6 Å². The minimum absolute atomic E-state index is 0.343. The second kappa shape index (κ2) is 4.96. The number of rotatable bonds is 3. The van der Waals surface area contributed by atoms with E-state index in [4.69, 9.17) is 5.73 Å². The van der Waals surface area contributed by atoms with E-state index in [9.17, 15) is 0 Å². The molecule has 0 saturated heterocycles. The number of hydrogen-bond donors (Lipinski definition) is 2. The summed E-state index contributed by atoms with van der Waals surface area (Å²) in [6.07, 6.45) is 4.83. The van der Waals surface area contributed by atoms with Crippen molar-refractivity contribution in [3.8, 4) is 0 Å². The quantitative estimate of drug-likeness (QED) is 0.753. The van der Waals surface area contributed by atoms with Gasteiger partial charge in [0.2, 0.25) is 0 Å². The van der Waals surface area contributed by atoms with Crippen LogP contribution in [0.25, 0.3) is 0 Å². The Hall–Kier alpha value is -2.96. The molecule has 0 aromatic carbocycles. The van der Waals surface area contributed by atoms with E-state index in [1.54, 1.807) is 17.3 Å². The lowest BCUT2D eigenvalue weighted by molar-refractivity contribution is 1.01. The van der Waals surface area contributed by atoms with Gasteiger partial charge in [-0.15, -0.1) is 0 Å². The topological polar surface area (TPSA) is 96.6 Å². The SMILES string of the molecule is Cc1cc(N(c2ccccn2)c2cncc(N)n2)n[nH]1. The van der Waals surface area contributed by atoms with Crippen LogP contribution in [0.3, 0.4) is 0 Å². The van der Waals surface area contributed by atoms with Crippen molar-refractivity contribution in [3.05, 3.63) is 48.5 Å². The first kappa shape index (κ1) is 12.1. The largest absolute Gasteiger partial charge is 0.382 e. The molecule has 0 atom stereocenters. The van der Waals surface area contributed by atoms with Crippen LogP contribution in [0.4, 0.5) is 23.3 Å². The summed E-state index contributed by atoms with van der Waals surface area (Å²) in [7, 11) is 0. The van der Waals surface area contributed by atoms with Crippen LogP contribution in [-0.4, -0.2) is 25.1 Å². The molecule has 0 aliphatic carbocycles. The van der Waals surface area contributed by atoms with Crippen LogP contribution in [0.2, 0.25) is 0 Å². The maximum atomic E-state index is 5.71. The number of aromatic amines is 1. The van der Waals surface area contributed by atoms with Gasteiger partial charge < -0.3 is 5.73 Å². The predicted octanol–water partition coefficient (Wildman–Crippen LogP) is 1.96. The first-order valence-corrected chi connectivity index (χ1v) is 6.05. The highest BCUT2D eigenvalue weighted by Gasteiger charge is 2.17. The Morgan fingerprint density at radius 1 is 1.15 bits per heavy atom. The molecule has 0 amide bonds. The van der Waals surface area contributed by atoms with E-state index in [1.165, 1.54) is 6.20 Å². The van der Waals surface area contributed by atoms with E-state index >= 15 is 0 Å².